The molecule has 0 spiro atoms. The van der Waals surface area contributed by atoms with Gasteiger partial charge in [0, 0.05) is 23.7 Å². The number of carbonyl (C=O) groups is 2. The molecule has 3 N–H and O–H groups in total. The Hall–Kier alpha value is -2.52. The molecule has 2 aromatic rings. The minimum atomic E-state index is -2.99. The van der Waals surface area contributed by atoms with Crippen LogP contribution >= 0.6 is 11.6 Å². The number of nitrogens with one attached hydrogen (secondary N) is 1. The number of hydrogen-bond donors (Lipinski definition) is 2. The number of carbonyl (C=O) groups excluding carboxylic acids is 2. The predicted octanol–water partition coefficient (Wildman–Crippen LogP) is 3.03. The first kappa shape index (κ1) is 21.2. The van der Waals surface area contributed by atoms with Crippen LogP contribution in [0.1, 0.15) is 36.0 Å². The van der Waals surface area contributed by atoms with E-state index in [-0.39, 0.29) is 35.4 Å². The van der Waals surface area contributed by atoms with Crippen LogP contribution in [0.4, 0.5) is 8.78 Å². The Labute approximate surface area is 170 Å². The van der Waals surface area contributed by atoms with Crippen LogP contribution in [-0.2, 0) is 9.53 Å². The molecule has 0 unspecified atom stereocenters. The van der Waals surface area contributed by atoms with E-state index < -0.39 is 12.5 Å². The zero-order chi connectivity index (χ0) is 21.0. The number of aromatic nitrogens is 1. The molecular weight excluding hydrogens is 408 g/mol. The highest BCUT2D eigenvalue weighted by Crippen LogP contribution is 2.31. The summed E-state index contributed by atoms with van der Waals surface area (Å²) in [5.74, 6) is -0.962. The molecule has 2 amide bonds. The van der Waals surface area contributed by atoms with Crippen molar-refractivity contribution in [2.45, 2.75) is 44.4 Å². The van der Waals surface area contributed by atoms with Crippen molar-refractivity contribution in [3.63, 3.8) is 0 Å². The van der Waals surface area contributed by atoms with E-state index in [2.05, 4.69) is 15.0 Å². The quantitative estimate of drug-likeness (QED) is 0.706. The van der Waals surface area contributed by atoms with Crippen LogP contribution in [-0.4, -0.2) is 42.2 Å². The van der Waals surface area contributed by atoms with Crippen molar-refractivity contribution in [1.82, 2.24) is 10.3 Å². The second-order valence-corrected chi connectivity index (χ2v) is 7.21. The lowest BCUT2D eigenvalue weighted by Gasteiger charge is -2.28. The first-order chi connectivity index (χ1) is 13.8. The summed E-state index contributed by atoms with van der Waals surface area (Å²) in [6.45, 7) is -3.09. The van der Waals surface area contributed by atoms with Crippen molar-refractivity contribution in [2.24, 2.45) is 5.73 Å². The van der Waals surface area contributed by atoms with E-state index in [1.54, 1.807) is 6.07 Å². The van der Waals surface area contributed by atoms with Crippen molar-refractivity contribution in [1.29, 1.82) is 0 Å². The average Bonchev–Trinajstić information content (AvgIpc) is 2.67. The molecular formula is C19H20ClF2N3O4. The molecule has 1 aromatic carbocycles. The molecule has 29 heavy (non-hydrogen) atoms. The number of rotatable bonds is 7. The van der Waals surface area contributed by atoms with Crippen LogP contribution in [0.25, 0.3) is 10.9 Å². The molecule has 0 saturated heterocycles. The zero-order valence-corrected chi connectivity index (χ0v) is 16.1. The largest absolute Gasteiger partial charge is 0.433 e. The Morgan fingerprint density at radius 3 is 2.62 bits per heavy atom. The summed E-state index contributed by atoms with van der Waals surface area (Å²) in [6, 6.07) is 4.31. The SMILES string of the molecule is NC(=O)COC1CCC(NC(=O)c2cnc3cc(OC(F)F)c(Cl)cc3c2)CC1. The smallest absolute Gasteiger partial charge is 0.387 e. The summed E-state index contributed by atoms with van der Waals surface area (Å²) in [5.41, 5.74) is 5.79. The number of pyridine rings is 1. The fraction of sp³-hybridized carbons (Fsp3) is 0.421. The highest BCUT2D eigenvalue weighted by molar-refractivity contribution is 6.32. The van der Waals surface area contributed by atoms with Crippen molar-refractivity contribution in [3.05, 3.63) is 35.0 Å². The minimum absolute atomic E-state index is 0.00596. The van der Waals surface area contributed by atoms with Gasteiger partial charge in [-0.2, -0.15) is 8.78 Å². The Bertz CT molecular complexity index is 904. The lowest BCUT2D eigenvalue weighted by molar-refractivity contribution is -0.125. The number of fused-ring (bicyclic) bond motifs is 1. The monoisotopic (exact) mass is 427 g/mol. The van der Waals surface area contributed by atoms with Crippen LogP contribution in [0.3, 0.4) is 0 Å². The van der Waals surface area contributed by atoms with E-state index in [1.807, 2.05) is 0 Å². The van der Waals surface area contributed by atoms with Gasteiger partial charge < -0.3 is 20.5 Å². The van der Waals surface area contributed by atoms with Crippen molar-refractivity contribution >= 4 is 34.3 Å². The molecule has 156 valence electrons. The van der Waals surface area contributed by atoms with E-state index in [9.17, 15) is 18.4 Å². The first-order valence-electron chi connectivity index (χ1n) is 9.06. The molecule has 1 saturated carbocycles. The fourth-order valence-corrected chi connectivity index (χ4v) is 3.50. The van der Waals surface area contributed by atoms with E-state index in [1.165, 1.54) is 18.3 Å². The Kier molecular flexibility index (Phi) is 6.81. The maximum atomic E-state index is 12.6. The molecule has 1 aliphatic carbocycles. The minimum Gasteiger partial charge on any atom is -0.433 e. The van der Waals surface area contributed by atoms with Crippen molar-refractivity contribution in [2.75, 3.05) is 6.61 Å². The van der Waals surface area contributed by atoms with Crippen LogP contribution in [0.5, 0.6) is 5.75 Å². The number of nitrogens with zero attached hydrogens (tertiary/aromatic N) is 1. The lowest BCUT2D eigenvalue weighted by Crippen LogP contribution is -2.39. The molecule has 10 heteroatoms. The number of halogens is 3. The van der Waals surface area contributed by atoms with Crippen LogP contribution < -0.4 is 15.8 Å². The second-order valence-electron chi connectivity index (χ2n) is 6.80. The predicted molar refractivity (Wildman–Crippen MR) is 102 cm³/mol. The number of nitrogens with two attached hydrogens (primary N) is 1. The zero-order valence-electron chi connectivity index (χ0n) is 15.4. The van der Waals surface area contributed by atoms with Gasteiger partial charge in [-0.15, -0.1) is 0 Å². The summed E-state index contributed by atoms with van der Waals surface area (Å²) >= 11 is 5.97. The third-order valence-electron chi connectivity index (χ3n) is 4.68. The van der Waals surface area contributed by atoms with Crippen molar-refractivity contribution in [3.8, 4) is 5.75 Å². The second kappa shape index (κ2) is 9.32. The standard InChI is InChI=1S/C19H20ClF2N3O4/c20-14-6-10-5-11(8-24-15(10)7-16(14)29-19(21)22)18(27)25-12-1-3-13(4-2-12)28-9-17(23)26/h5-8,12-13,19H,1-4,9H2,(H2,23,26)(H,25,27). The average molecular weight is 428 g/mol. The van der Waals surface area contributed by atoms with Gasteiger partial charge in [-0.3, -0.25) is 14.6 Å². The molecule has 0 radical (unpaired) electrons. The molecule has 0 bridgehead atoms. The number of ether oxygens (including phenoxy) is 2. The van der Waals surface area contributed by atoms with E-state index in [0.29, 0.717) is 16.5 Å². The van der Waals surface area contributed by atoms with E-state index in [4.69, 9.17) is 22.1 Å². The molecule has 1 heterocycles. The Morgan fingerprint density at radius 2 is 1.97 bits per heavy atom. The van der Waals surface area contributed by atoms with Gasteiger partial charge in [-0.05, 0) is 37.8 Å². The summed E-state index contributed by atoms with van der Waals surface area (Å²) < 4.78 is 34.6. The van der Waals surface area contributed by atoms with Gasteiger partial charge in [0.05, 0.1) is 22.2 Å². The number of primary amides is 1. The van der Waals surface area contributed by atoms with Gasteiger partial charge in [0.1, 0.15) is 12.4 Å². The Morgan fingerprint density at radius 1 is 1.24 bits per heavy atom. The van der Waals surface area contributed by atoms with Gasteiger partial charge in [0.2, 0.25) is 5.91 Å². The molecule has 3 rings (SSSR count). The van der Waals surface area contributed by atoms with E-state index >= 15 is 0 Å². The molecule has 1 aliphatic rings. The van der Waals surface area contributed by atoms with Gasteiger partial charge in [-0.1, -0.05) is 11.6 Å². The highest BCUT2D eigenvalue weighted by Gasteiger charge is 2.24. The molecule has 1 aromatic heterocycles. The summed E-state index contributed by atoms with van der Waals surface area (Å²) in [5, 5.41) is 3.50. The molecule has 1 fully saturated rings. The fourth-order valence-electron chi connectivity index (χ4n) is 3.28. The van der Waals surface area contributed by atoms with Crippen LogP contribution in [0, 0.1) is 0 Å². The number of hydrogen-bond acceptors (Lipinski definition) is 5. The molecule has 0 aliphatic heterocycles. The Balaban J connectivity index is 1.62. The first-order valence-corrected chi connectivity index (χ1v) is 9.44. The van der Waals surface area contributed by atoms with Crippen molar-refractivity contribution < 1.29 is 27.8 Å². The van der Waals surface area contributed by atoms with Gasteiger partial charge in [0.25, 0.3) is 5.91 Å². The normalized spacial score (nSPS) is 19.3. The maximum Gasteiger partial charge on any atom is 0.387 e. The topological polar surface area (TPSA) is 104 Å². The van der Waals surface area contributed by atoms with Gasteiger partial charge in [-0.25, -0.2) is 0 Å². The van der Waals surface area contributed by atoms with Gasteiger partial charge in [0.15, 0.2) is 0 Å². The van der Waals surface area contributed by atoms with Crippen LogP contribution in [0.15, 0.2) is 24.4 Å². The number of alkyl halides is 2. The number of benzene rings is 1. The summed E-state index contributed by atoms with van der Waals surface area (Å²) in [6.07, 6.45) is 4.21. The number of amides is 2. The third-order valence-corrected chi connectivity index (χ3v) is 4.98. The molecule has 0 atom stereocenters. The van der Waals surface area contributed by atoms with Gasteiger partial charge >= 0.3 is 6.61 Å². The molecule has 7 nitrogen and oxygen atoms in total. The van der Waals surface area contributed by atoms with Crippen LogP contribution in [0.2, 0.25) is 5.02 Å². The summed E-state index contributed by atoms with van der Waals surface area (Å²) in [7, 11) is 0. The highest BCUT2D eigenvalue weighted by atomic mass is 35.5. The maximum absolute atomic E-state index is 12.6. The lowest BCUT2D eigenvalue weighted by atomic mass is 9.92. The van der Waals surface area contributed by atoms with E-state index in [0.717, 1.165) is 25.7 Å². The third kappa shape index (κ3) is 5.74. The summed E-state index contributed by atoms with van der Waals surface area (Å²) in [4.78, 5) is 27.5.